The van der Waals surface area contributed by atoms with Gasteiger partial charge in [0.1, 0.15) is 15.7 Å². The van der Waals surface area contributed by atoms with E-state index < -0.39 is 10.0 Å². The minimum atomic E-state index is -3.65. The fraction of sp³-hybridized carbons (Fsp3) is 0.467. The van der Waals surface area contributed by atoms with E-state index >= 15 is 0 Å². The van der Waals surface area contributed by atoms with Crippen molar-refractivity contribution >= 4 is 44.8 Å². The Bertz CT molecular complexity index is 1490. The van der Waals surface area contributed by atoms with Crippen LogP contribution in [0.3, 0.4) is 0 Å². The van der Waals surface area contributed by atoms with Crippen LogP contribution in [0.5, 0.6) is 5.75 Å². The molecule has 2 aliphatic rings. The highest BCUT2D eigenvalue weighted by Crippen LogP contribution is 2.38. The second kappa shape index (κ2) is 12.5. The molecule has 2 fully saturated rings. The zero-order valence-electron chi connectivity index (χ0n) is 24.2. The molecule has 0 unspecified atom stereocenters. The molecule has 2 saturated heterocycles. The standard InChI is InChI=1S/C30H39ClN6O3S/c1-20(2)40-27-18-23(22-11-15-36(4)16-12-22)21(3)17-26(27)34-30-32-19-24(31)29(35-30)33-25-9-5-6-10-28(25)41(38,39)37-13-7-8-14-37/h5-6,9-10,17-20,22H,7-8,11-16H2,1-4H3,(H2,32,33,34,35). The van der Waals surface area contributed by atoms with Crippen molar-refractivity contribution in [2.24, 2.45) is 0 Å². The van der Waals surface area contributed by atoms with Gasteiger partial charge < -0.3 is 20.3 Å². The molecule has 2 aliphatic heterocycles. The third-order valence-electron chi connectivity index (χ3n) is 7.70. The number of aromatic nitrogens is 2. The van der Waals surface area contributed by atoms with Crippen LogP contribution in [0, 0.1) is 6.92 Å². The van der Waals surface area contributed by atoms with E-state index in [1.54, 1.807) is 24.3 Å². The zero-order valence-corrected chi connectivity index (χ0v) is 25.7. The van der Waals surface area contributed by atoms with Crippen molar-refractivity contribution in [3.05, 3.63) is 58.7 Å². The lowest BCUT2D eigenvalue weighted by atomic mass is 9.86. The maximum absolute atomic E-state index is 13.3. The summed E-state index contributed by atoms with van der Waals surface area (Å²) in [4.78, 5) is 11.6. The molecular formula is C30H39ClN6O3S. The number of hydrogen-bond donors (Lipinski definition) is 2. The van der Waals surface area contributed by atoms with Crippen molar-refractivity contribution in [2.45, 2.75) is 63.4 Å². The largest absolute Gasteiger partial charge is 0.489 e. The van der Waals surface area contributed by atoms with E-state index in [9.17, 15) is 8.42 Å². The summed E-state index contributed by atoms with van der Waals surface area (Å²) in [5, 5.41) is 6.74. The summed E-state index contributed by atoms with van der Waals surface area (Å²) in [5.41, 5.74) is 3.67. The summed E-state index contributed by atoms with van der Waals surface area (Å²) in [7, 11) is -1.48. The zero-order chi connectivity index (χ0) is 29.1. The van der Waals surface area contributed by atoms with Gasteiger partial charge in [-0.25, -0.2) is 13.4 Å². The van der Waals surface area contributed by atoms with Crippen LogP contribution in [0.15, 0.2) is 47.5 Å². The normalized spacial score (nSPS) is 17.2. The highest BCUT2D eigenvalue weighted by atomic mass is 35.5. The van der Waals surface area contributed by atoms with E-state index in [4.69, 9.17) is 16.3 Å². The molecule has 0 atom stereocenters. The Labute approximate surface area is 248 Å². The number of benzene rings is 2. The fourth-order valence-electron chi connectivity index (χ4n) is 5.54. The van der Waals surface area contributed by atoms with Crippen LogP contribution >= 0.6 is 11.6 Å². The number of sulfonamides is 1. The highest BCUT2D eigenvalue weighted by Gasteiger charge is 2.29. The van der Waals surface area contributed by atoms with E-state index in [1.165, 1.54) is 21.6 Å². The number of rotatable bonds is 9. The van der Waals surface area contributed by atoms with Crippen LogP contribution in [0.25, 0.3) is 0 Å². The number of ether oxygens (including phenoxy) is 1. The molecule has 0 spiro atoms. The number of aryl methyl sites for hydroxylation is 1. The van der Waals surface area contributed by atoms with Crippen molar-refractivity contribution in [1.82, 2.24) is 19.2 Å². The second-order valence-electron chi connectivity index (χ2n) is 11.2. The molecule has 0 aliphatic carbocycles. The van der Waals surface area contributed by atoms with Gasteiger partial charge in [0.2, 0.25) is 16.0 Å². The summed E-state index contributed by atoms with van der Waals surface area (Å²) < 4.78 is 34.4. The SMILES string of the molecule is Cc1cc(Nc2ncc(Cl)c(Nc3ccccc3S(=O)(=O)N3CCCC3)n2)c(OC(C)C)cc1C1CCN(C)CC1. The van der Waals surface area contributed by atoms with Gasteiger partial charge in [-0.15, -0.1) is 0 Å². The predicted octanol–water partition coefficient (Wildman–Crippen LogP) is 6.31. The van der Waals surface area contributed by atoms with Crippen molar-refractivity contribution in [3.63, 3.8) is 0 Å². The van der Waals surface area contributed by atoms with Crippen LogP contribution in [-0.2, 0) is 10.0 Å². The molecule has 11 heteroatoms. The average molecular weight is 599 g/mol. The molecule has 1 aromatic heterocycles. The third-order valence-corrected chi connectivity index (χ3v) is 9.94. The van der Waals surface area contributed by atoms with Gasteiger partial charge in [0.15, 0.2) is 5.82 Å². The van der Waals surface area contributed by atoms with Gasteiger partial charge in [0.05, 0.1) is 23.7 Å². The van der Waals surface area contributed by atoms with Crippen LogP contribution in [0.2, 0.25) is 5.02 Å². The summed E-state index contributed by atoms with van der Waals surface area (Å²) in [5.74, 6) is 1.86. The van der Waals surface area contributed by atoms with Gasteiger partial charge in [-0.2, -0.15) is 9.29 Å². The number of hydrogen-bond acceptors (Lipinski definition) is 8. The van der Waals surface area contributed by atoms with Gasteiger partial charge in [-0.05, 0) is 108 Å². The van der Waals surface area contributed by atoms with Crippen LogP contribution in [0.1, 0.15) is 56.6 Å². The quantitative estimate of drug-likeness (QED) is 0.296. The third kappa shape index (κ3) is 6.77. The van der Waals surface area contributed by atoms with E-state index in [0.29, 0.717) is 36.5 Å². The Morgan fingerprint density at radius 3 is 2.44 bits per heavy atom. The van der Waals surface area contributed by atoms with Crippen LogP contribution in [-0.4, -0.2) is 66.9 Å². The number of likely N-dealkylation sites (tertiary alicyclic amines) is 1. The lowest BCUT2D eigenvalue weighted by Crippen LogP contribution is -2.29. The smallest absolute Gasteiger partial charge is 0.245 e. The summed E-state index contributed by atoms with van der Waals surface area (Å²) in [6.45, 7) is 9.36. The topological polar surface area (TPSA) is 99.7 Å². The Morgan fingerprint density at radius 2 is 1.73 bits per heavy atom. The molecule has 2 N–H and O–H groups in total. The van der Waals surface area contributed by atoms with Gasteiger partial charge in [0.25, 0.3) is 0 Å². The Morgan fingerprint density at radius 1 is 1.02 bits per heavy atom. The summed E-state index contributed by atoms with van der Waals surface area (Å²) in [6, 6.07) is 11.1. The van der Waals surface area contributed by atoms with E-state index in [2.05, 4.69) is 51.6 Å². The van der Waals surface area contributed by atoms with Crippen molar-refractivity contribution in [2.75, 3.05) is 43.9 Å². The summed E-state index contributed by atoms with van der Waals surface area (Å²) >= 11 is 6.48. The van der Waals surface area contributed by atoms with Crippen LogP contribution < -0.4 is 15.4 Å². The molecule has 2 aromatic carbocycles. The number of para-hydroxylation sites is 1. The number of halogens is 1. The average Bonchev–Trinajstić information content (AvgIpc) is 3.49. The lowest BCUT2D eigenvalue weighted by molar-refractivity contribution is 0.241. The molecule has 220 valence electrons. The number of piperidine rings is 1. The molecular weight excluding hydrogens is 560 g/mol. The Hall–Kier alpha value is -2.92. The Balaban J connectivity index is 1.43. The first-order valence-electron chi connectivity index (χ1n) is 14.3. The van der Waals surface area contributed by atoms with E-state index in [-0.39, 0.29) is 16.0 Å². The number of anilines is 4. The van der Waals surface area contributed by atoms with Gasteiger partial charge in [-0.1, -0.05) is 23.7 Å². The minimum Gasteiger partial charge on any atom is -0.489 e. The first kappa shape index (κ1) is 29.6. The van der Waals surface area contributed by atoms with Gasteiger partial charge in [-0.3, -0.25) is 0 Å². The van der Waals surface area contributed by atoms with Gasteiger partial charge in [0, 0.05) is 13.1 Å². The molecule has 5 rings (SSSR count). The fourth-order valence-corrected chi connectivity index (χ4v) is 7.34. The van der Waals surface area contributed by atoms with Crippen LogP contribution in [0.4, 0.5) is 23.1 Å². The second-order valence-corrected chi connectivity index (χ2v) is 13.5. The molecule has 9 nitrogen and oxygen atoms in total. The van der Waals surface area contributed by atoms with E-state index in [0.717, 1.165) is 50.2 Å². The maximum Gasteiger partial charge on any atom is 0.245 e. The highest BCUT2D eigenvalue weighted by molar-refractivity contribution is 7.89. The van der Waals surface area contributed by atoms with Crippen molar-refractivity contribution < 1.29 is 13.2 Å². The molecule has 0 radical (unpaired) electrons. The monoisotopic (exact) mass is 598 g/mol. The van der Waals surface area contributed by atoms with Crippen molar-refractivity contribution in [1.29, 1.82) is 0 Å². The minimum absolute atomic E-state index is 0.0129. The van der Waals surface area contributed by atoms with Gasteiger partial charge >= 0.3 is 0 Å². The van der Waals surface area contributed by atoms with Crippen molar-refractivity contribution in [3.8, 4) is 5.75 Å². The number of nitrogens with zero attached hydrogens (tertiary/aromatic N) is 4. The van der Waals surface area contributed by atoms with E-state index in [1.807, 2.05) is 13.8 Å². The molecule has 0 saturated carbocycles. The predicted molar refractivity (Wildman–Crippen MR) is 164 cm³/mol. The molecule has 0 bridgehead atoms. The number of nitrogens with one attached hydrogen (secondary N) is 2. The lowest BCUT2D eigenvalue weighted by Gasteiger charge is -2.30. The molecule has 3 heterocycles. The maximum atomic E-state index is 13.3. The molecule has 41 heavy (non-hydrogen) atoms. The first-order chi connectivity index (χ1) is 19.6. The Kier molecular flexibility index (Phi) is 9.03. The summed E-state index contributed by atoms with van der Waals surface area (Å²) in [6.07, 6.45) is 5.45. The first-order valence-corrected chi connectivity index (χ1v) is 16.1. The molecule has 3 aromatic rings. The molecule has 0 amide bonds.